The molecule has 0 spiro atoms. The predicted octanol–water partition coefficient (Wildman–Crippen LogP) is 1.47. The average Bonchev–Trinajstić information content (AvgIpc) is 2.74. The number of amides is 4. The van der Waals surface area contributed by atoms with Crippen molar-refractivity contribution in [1.82, 2.24) is 15.2 Å². The number of hydrogen-bond acceptors (Lipinski definition) is 5. The van der Waals surface area contributed by atoms with Gasteiger partial charge in [-0.3, -0.25) is 14.5 Å². The molecule has 9 heteroatoms. The van der Waals surface area contributed by atoms with Gasteiger partial charge in [0.15, 0.2) is 5.69 Å². The van der Waals surface area contributed by atoms with Crippen LogP contribution in [0.3, 0.4) is 0 Å². The monoisotopic (exact) mass is 397 g/mol. The normalized spacial score (nSPS) is 20.2. The van der Waals surface area contributed by atoms with Gasteiger partial charge in [-0.1, -0.05) is 6.92 Å². The molecule has 8 nitrogen and oxygen atoms in total. The van der Waals surface area contributed by atoms with Gasteiger partial charge in [0.2, 0.25) is 0 Å². The molecular formula is C15H20BrN5O3. The second-order valence-electron chi connectivity index (χ2n) is 5.77. The second-order valence-corrected chi connectivity index (χ2v) is 6.68. The third-order valence-electron chi connectivity index (χ3n) is 4.01. The number of carbonyl (C=O) groups excluding carboxylic acids is 3. The molecule has 1 fully saturated rings. The Morgan fingerprint density at radius 2 is 2.21 bits per heavy atom. The number of urea groups is 1. The molecule has 24 heavy (non-hydrogen) atoms. The number of halogens is 1. The van der Waals surface area contributed by atoms with Crippen molar-refractivity contribution in [2.45, 2.75) is 32.2 Å². The summed E-state index contributed by atoms with van der Waals surface area (Å²) in [6, 6.07) is 1.33. The van der Waals surface area contributed by atoms with Crippen molar-refractivity contribution >= 4 is 39.5 Å². The summed E-state index contributed by atoms with van der Waals surface area (Å²) >= 11 is 3.28. The molecule has 0 aliphatic carbocycles. The second kappa shape index (κ2) is 7.16. The highest BCUT2D eigenvalue weighted by Gasteiger charge is 2.45. The third-order valence-corrected chi connectivity index (χ3v) is 4.45. The first-order valence-corrected chi connectivity index (χ1v) is 8.41. The van der Waals surface area contributed by atoms with Crippen LogP contribution in [0.1, 0.15) is 37.2 Å². The first-order chi connectivity index (χ1) is 11.3. The summed E-state index contributed by atoms with van der Waals surface area (Å²) in [5.74, 6) is -0.838. The van der Waals surface area contributed by atoms with E-state index in [-0.39, 0.29) is 17.6 Å². The van der Waals surface area contributed by atoms with Crippen molar-refractivity contribution in [1.29, 1.82) is 0 Å². The molecule has 1 saturated heterocycles. The lowest BCUT2D eigenvalue weighted by Crippen LogP contribution is -2.43. The van der Waals surface area contributed by atoms with Gasteiger partial charge in [0.05, 0.1) is 5.69 Å². The molecule has 0 bridgehead atoms. The van der Waals surface area contributed by atoms with Gasteiger partial charge in [-0.05, 0) is 41.8 Å². The van der Waals surface area contributed by atoms with Crippen molar-refractivity contribution in [2.75, 3.05) is 18.4 Å². The van der Waals surface area contributed by atoms with E-state index in [4.69, 9.17) is 5.73 Å². The van der Waals surface area contributed by atoms with E-state index in [0.29, 0.717) is 36.1 Å². The minimum Gasteiger partial charge on any atom is -0.383 e. The Kier molecular flexibility index (Phi) is 5.43. The zero-order valence-electron chi connectivity index (χ0n) is 13.6. The van der Waals surface area contributed by atoms with Crippen LogP contribution in [-0.2, 0) is 4.79 Å². The number of nitrogens with two attached hydrogens (primary N) is 1. The summed E-state index contributed by atoms with van der Waals surface area (Å²) < 4.78 is 0.711. The van der Waals surface area contributed by atoms with Crippen molar-refractivity contribution in [2.24, 2.45) is 5.73 Å². The van der Waals surface area contributed by atoms with E-state index in [1.165, 1.54) is 11.1 Å². The first kappa shape index (κ1) is 18.2. The van der Waals surface area contributed by atoms with Crippen molar-refractivity contribution in [3.63, 3.8) is 0 Å². The van der Waals surface area contributed by atoms with Crippen LogP contribution in [0.2, 0.25) is 0 Å². The summed E-state index contributed by atoms with van der Waals surface area (Å²) in [6.07, 6.45) is 2.56. The number of imide groups is 1. The number of carbonyl (C=O) groups is 3. The van der Waals surface area contributed by atoms with Gasteiger partial charge in [0, 0.05) is 23.8 Å². The lowest BCUT2D eigenvalue weighted by Gasteiger charge is -2.19. The predicted molar refractivity (Wildman–Crippen MR) is 92.5 cm³/mol. The van der Waals surface area contributed by atoms with Crippen LogP contribution in [0, 0.1) is 0 Å². The Hall–Kier alpha value is -2.16. The molecule has 2 heterocycles. The van der Waals surface area contributed by atoms with E-state index < -0.39 is 11.4 Å². The maximum atomic E-state index is 12.3. The van der Waals surface area contributed by atoms with Gasteiger partial charge < -0.3 is 16.4 Å². The highest BCUT2D eigenvalue weighted by atomic mass is 79.9. The number of rotatable bonds is 7. The van der Waals surface area contributed by atoms with Crippen molar-refractivity contribution in [3.8, 4) is 0 Å². The number of pyridine rings is 1. The maximum absolute atomic E-state index is 12.3. The Morgan fingerprint density at radius 1 is 1.50 bits per heavy atom. The Labute approximate surface area is 148 Å². The summed E-state index contributed by atoms with van der Waals surface area (Å²) in [7, 11) is 0. The van der Waals surface area contributed by atoms with E-state index in [1.54, 1.807) is 13.0 Å². The quantitative estimate of drug-likeness (QED) is 0.475. The average molecular weight is 398 g/mol. The van der Waals surface area contributed by atoms with Gasteiger partial charge in [0.1, 0.15) is 5.54 Å². The number of nitrogens with zero attached hydrogens (tertiary/aromatic N) is 2. The van der Waals surface area contributed by atoms with Gasteiger partial charge in [-0.2, -0.15) is 0 Å². The van der Waals surface area contributed by atoms with Gasteiger partial charge in [0.25, 0.3) is 11.8 Å². The fraction of sp³-hybridized carbons (Fsp3) is 0.467. The SMILES string of the molecule is CCC1(C)NC(=O)N(CCCNc2cc(Br)cnc2C(N)=O)C1=O. The van der Waals surface area contributed by atoms with Crippen LogP contribution in [0.15, 0.2) is 16.7 Å². The number of primary amides is 1. The minimum atomic E-state index is -0.822. The van der Waals surface area contributed by atoms with Crippen LogP contribution >= 0.6 is 15.9 Å². The fourth-order valence-electron chi connectivity index (χ4n) is 2.42. The molecule has 1 aromatic rings. The molecule has 1 unspecified atom stereocenters. The largest absolute Gasteiger partial charge is 0.383 e. The molecule has 1 aromatic heterocycles. The topological polar surface area (TPSA) is 117 Å². The van der Waals surface area contributed by atoms with E-state index in [1.807, 2.05) is 6.92 Å². The van der Waals surface area contributed by atoms with E-state index in [0.717, 1.165) is 0 Å². The number of nitrogens with one attached hydrogen (secondary N) is 2. The fourth-order valence-corrected chi connectivity index (χ4v) is 2.75. The number of aromatic nitrogens is 1. The molecule has 0 aromatic carbocycles. The van der Waals surface area contributed by atoms with Crippen LogP contribution in [0.25, 0.3) is 0 Å². The highest BCUT2D eigenvalue weighted by molar-refractivity contribution is 9.10. The third kappa shape index (κ3) is 3.66. The van der Waals surface area contributed by atoms with Crippen molar-refractivity contribution < 1.29 is 14.4 Å². The number of hydrogen-bond donors (Lipinski definition) is 3. The number of anilines is 1. The molecule has 1 aliphatic rings. The van der Waals surface area contributed by atoms with Crippen LogP contribution in [0.4, 0.5) is 10.5 Å². The Balaban J connectivity index is 1.92. The molecular weight excluding hydrogens is 378 g/mol. The molecule has 2 rings (SSSR count). The minimum absolute atomic E-state index is 0.145. The Morgan fingerprint density at radius 3 is 2.79 bits per heavy atom. The molecule has 130 valence electrons. The lowest BCUT2D eigenvalue weighted by atomic mass is 9.99. The molecule has 1 aliphatic heterocycles. The van der Waals surface area contributed by atoms with Gasteiger partial charge in [-0.25, -0.2) is 9.78 Å². The van der Waals surface area contributed by atoms with E-state index in [2.05, 4.69) is 31.5 Å². The van der Waals surface area contributed by atoms with Crippen molar-refractivity contribution in [3.05, 3.63) is 22.4 Å². The molecule has 4 amide bonds. The van der Waals surface area contributed by atoms with E-state index >= 15 is 0 Å². The maximum Gasteiger partial charge on any atom is 0.325 e. The summed E-state index contributed by atoms with van der Waals surface area (Å²) in [4.78, 5) is 40.7. The smallest absolute Gasteiger partial charge is 0.325 e. The zero-order chi connectivity index (χ0) is 17.9. The summed E-state index contributed by atoms with van der Waals surface area (Å²) in [5, 5.41) is 5.77. The zero-order valence-corrected chi connectivity index (χ0v) is 15.1. The molecule has 4 N–H and O–H groups in total. The van der Waals surface area contributed by atoms with Crippen LogP contribution in [0.5, 0.6) is 0 Å². The molecule has 0 radical (unpaired) electrons. The molecule has 0 saturated carbocycles. The van der Waals surface area contributed by atoms with Crippen LogP contribution < -0.4 is 16.4 Å². The lowest BCUT2D eigenvalue weighted by molar-refractivity contribution is -0.130. The summed E-state index contributed by atoms with van der Waals surface area (Å²) in [5.41, 5.74) is 5.12. The first-order valence-electron chi connectivity index (χ1n) is 7.62. The van der Waals surface area contributed by atoms with E-state index in [9.17, 15) is 14.4 Å². The Bertz CT molecular complexity index is 681. The van der Waals surface area contributed by atoms with Gasteiger partial charge >= 0.3 is 6.03 Å². The molecule has 1 atom stereocenters. The summed E-state index contributed by atoms with van der Waals surface area (Å²) in [6.45, 7) is 4.32. The standard InChI is InChI=1S/C15H20BrN5O3/c1-3-15(2)13(23)21(14(24)20-15)6-4-5-18-10-7-9(16)8-19-11(10)12(17)22/h7-8,18H,3-6H2,1-2H3,(H2,17,22)(H,20,24). The van der Waals surface area contributed by atoms with Gasteiger partial charge in [-0.15, -0.1) is 0 Å². The van der Waals surface area contributed by atoms with Crippen LogP contribution in [-0.4, -0.2) is 46.4 Å². The highest BCUT2D eigenvalue weighted by Crippen LogP contribution is 2.21.